The molecule has 12 heteroatoms. The molecule has 0 aliphatic heterocycles. The Bertz CT molecular complexity index is 1310. The number of alkyl halides is 6. The SMILES string of the molecule is N#Cc1ccc2c(ccn2Cc2noc(-c3ccc(OC(F)(F)F)cc3)n2)c1C(F)(F)F. The summed E-state index contributed by atoms with van der Waals surface area (Å²) >= 11 is 0. The number of benzene rings is 2. The molecular formula is C20H10F6N4O2. The van der Waals surface area contributed by atoms with Crippen LogP contribution in [0.2, 0.25) is 0 Å². The third-order valence-electron chi connectivity index (χ3n) is 4.47. The van der Waals surface area contributed by atoms with Gasteiger partial charge in [0, 0.05) is 22.7 Å². The molecule has 6 nitrogen and oxygen atoms in total. The molecule has 32 heavy (non-hydrogen) atoms. The number of fused-ring (bicyclic) bond motifs is 1. The Morgan fingerprint density at radius 1 is 1.00 bits per heavy atom. The van der Waals surface area contributed by atoms with Gasteiger partial charge in [-0.1, -0.05) is 5.16 Å². The molecule has 164 valence electrons. The molecule has 0 saturated heterocycles. The molecule has 2 aromatic heterocycles. The molecular weight excluding hydrogens is 442 g/mol. The van der Waals surface area contributed by atoms with Crippen molar-refractivity contribution in [3.05, 3.63) is 65.6 Å². The zero-order valence-electron chi connectivity index (χ0n) is 15.7. The Morgan fingerprint density at radius 3 is 2.34 bits per heavy atom. The molecule has 2 heterocycles. The van der Waals surface area contributed by atoms with Crippen LogP contribution in [0, 0.1) is 11.3 Å². The topological polar surface area (TPSA) is 76.9 Å². The van der Waals surface area contributed by atoms with Gasteiger partial charge in [0.1, 0.15) is 5.75 Å². The van der Waals surface area contributed by atoms with E-state index in [-0.39, 0.29) is 29.2 Å². The van der Waals surface area contributed by atoms with Gasteiger partial charge in [-0.2, -0.15) is 23.4 Å². The van der Waals surface area contributed by atoms with E-state index >= 15 is 0 Å². The van der Waals surface area contributed by atoms with Gasteiger partial charge in [-0.3, -0.25) is 0 Å². The van der Waals surface area contributed by atoms with Gasteiger partial charge in [0.15, 0.2) is 5.82 Å². The van der Waals surface area contributed by atoms with Crippen LogP contribution < -0.4 is 4.74 Å². The zero-order valence-corrected chi connectivity index (χ0v) is 15.7. The quantitative estimate of drug-likeness (QED) is 0.381. The van der Waals surface area contributed by atoms with Crippen molar-refractivity contribution < 1.29 is 35.6 Å². The van der Waals surface area contributed by atoms with Crippen molar-refractivity contribution in [2.75, 3.05) is 0 Å². The second kappa shape index (κ2) is 7.60. The summed E-state index contributed by atoms with van der Waals surface area (Å²) in [6.45, 7) is -0.0362. The van der Waals surface area contributed by atoms with Crippen LogP contribution in [-0.2, 0) is 12.7 Å². The largest absolute Gasteiger partial charge is 0.573 e. The van der Waals surface area contributed by atoms with Gasteiger partial charge in [0.2, 0.25) is 0 Å². The minimum Gasteiger partial charge on any atom is -0.406 e. The average molecular weight is 452 g/mol. The van der Waals surface area contributed by atoms with E-state index in [9.17, 15) is 26.3 Å². The highest BCUT2D eigenvalue weighted by molar-refractivity contribution is 5.86. The predicted molar refractivity (Wildman–Crippen MR) is 97.2 cm³/mol. The lowest BCUT2D eigenvalue weighted by Crippen LogP contribution is -2.16. The van der Waals surface area contributed by atoms with Crippen LogP contribution in [-0.4, -0.2) is 21.1 Å². The number of hydrogen-bond acceptors (Lipinski definition) is 5. The van der Waals surface area contributed by atoms with E-state index < -0.39 is 29.4 Å². The Morgan fingerprint density at radius 2 is 1.72 bits per heavy atom. The van der Waals surface area contributed by atoms with Crippen LogP contribution in [0.15, 0.2) is 53.2 Å². The smallest absolute Gasteiger partial charge is 0.406 e. The number of nitrogens with zero attached hydrogens (tertiary/aromatic N) is 4. The molecule has 0 fully saturated rings. The van der Waals surface area contributed by atoms with Crippen LogP contribution in [0.3, 0.4) is 0 Å². The van der Waals surface area contributed by atoms with Crippen LogP contribution >= 0.6 is 0 Å². The first-order valence-corrected chi connectivity index (χ1v) is 8.83. The number of ether oxygens (including phenoxy) is 1. The summed E-state index contributed by atoms with van der Waals surface area (Å²) in [7, 11) is 0. The lowest BCUT2D eigenvalue weighted by molar-refractivity contribution is -0.274. The van der Waals surface area contributed by atoms with Gasteiger partial charge >= 0.3 is 12.5 Å². The Labute approximate surface area is 175 Å². The van der Waals surface area contributed by atoms with Crippen LogP contribution in [0.5, 0.6) is 5.75 Å². The number of rotatable bonds is 4. The van der Waals surface area contributed by atoms with E-state index in [1.165, 1.54) is 35.0 Å². The third kappa shape index (κ3) is 4.22. The molecule has 2 aromatic carbocycles. The van der Waals surface area contributed by atoms with Crippen LogP contribution in [0.1, 0.15) is 17.0 Å². The van der Waals surface area contributed by atoms with Gasteiger partial charge in [-0.15, -0.1) is 13.2 Å². The molecule has 0 aliphatic rings. The average Bonchev–Trinajstić information content (AvgIpc) is 3.33. The molecule has 0 bridgehead atoms. The summed E-state index contributed by atoms with van der Waals surface area (Å²) in [4.78, 5) is 4.14. The molecule has 0 saturated carbocycles. The van der Waals surface area contributed by atoms with Gasteiger partial charge in [-0.05, 0) is 42.5 Å². The minimum absolute atomic E-state index is 0.0118. The lowest BCUT2D eigenvalue weighted by Gasteiger charge is -2.11. The first-order valence-electron chi connectivity index (χ1n) is 8.83. The number of aromatic nitrogens is 3. The summed E-state index contributed by atoms with van der Waals surface area (Å²) in [5, 5.41) is 12.6. The predicted octanol–water partition coefficient (Wildman–Crippen LogP) is 5.53. The monoisotopic (exact) mass is 452 g/mol. The normalized spacial score (nSPS) is 12.2. The van der Waals surface area contributed by atoms with Crippen molar-refractivity contribution in [2.24, 2.45) is 0 Å². The molecule has 4 rings (SSSR count). The Balaban J connectivity index is 1.60. The summed E-state index contributed by atoms with van der Waals surface area (Å²) in [5.41, 5.74) is -0.959. The van der Waals surface area contributed by atoms with Crippen molar-refractivity contribution in [1.82, 2.24) is 14.7 Å². The Kier molecular flexibility index (Phi) is 5.04. The fraction of sp³-hybridized carbons (Fsp3) is 0.150. The molecule has 0 atom stereocenters. The highest BCUT2D eigenvalue weighted by Gasteiger charge is 2.36. The lowest BCUT2D eigenvalue weighted by atomic mass is 10.0. The number of halogens is 6. The fourth-order valence-electron chi connectivity index (χ4n) is 3.20. The van der Waals surface area contributed by atoms with Gasteiger partial charge < -0.3 is 13.8 Å². The minimum atomic E-state index is -4.82. The first-order chi connectivity index (χ1) is 15.0. The maximum Gasteiger partial charge on any atom is 0.573 e. The first kappa shape index (κ1) is 21.2. The van der Waals surface area contributed by atoms with Crippen molar-refractivity contribution in [3.63, 3.8) is 0 Å². The van der Waals surface area contributed by atoms with Crippen LogP contribution in [0.4, 0.5) is 26.3 Å². The van der Waals surface area contributed by atoms with Crippen molar-refractivity contribution >= 4 is 10.9 Å². The zero-order chi connectivity index (χ0) is 23.1. The number of nitriles is 1. The maximum absolute atomic E-state index is 13.4. The summed E-state index contributed by atoms with van der Waals surface area (Å²) in [6.07, 6.45) is -8.13. The van der Waals surface area contributed by atoms with Crippen molar-refractivity contribution in [3.8, 4) is 23.3 Å². The highest BCUT2D eigenvalue weighted by atomic mass is 19.4. The Hall–Kier alpha value is -4.01. The fourth-order valence-corrected chi connectivity index (χ4v) is 3.20. The number of hydrogen-bond donors (Lipinski definition) is 0. The third-order valence-corrected chi connectivity index (χ3v) is 4.47. The molecule has 0 aliphatic carbocycles. The van der Waals surface area contributed by atoms with Crippen LogP contribution in [0.25, 0.3) is 22.4 Å². The van der Waals surface area contributed by atoms with Crippen molar-refractivity contribution in [1.29, 1.82) is 5.26 Å². The molecule has 4 aromatic rings. The maximum atomic E-state index is 13.4. The van der Waals surface area contributed by atoms with E-state index in [0.717, 1.165) is 18.2 Å². The molecule has 0 N–H and O–H groups in total. The van der Waals surface area contributed by atoms with E-state index in [0.29, 0.717) is 5.56 Å². The summed E-state index contributed by atoms with van der Waals surface area (Å²) in [5.74, 6) is -0.277. The summed E-state index contributed by atoms with van der Waals surface area (Å²) in [6, 6.07) is 10.0. The standard InChI is InChI=1S/C20H10F6N4O2/c21-19(22,23)17-12(9-27)3-6-15-14(17)7-8-30(15)10-16-28-18(32-29-16)11-1-4-13(5-2-11)31-20(24,25)26/h1-8H,10H2. The van der Waals surface area contributed by atoms with E-state index in [1.807, 2.05) is 0 Å². The molecule has 0 radical (unpaired) electrons. The van der Waals surface area contributed by atoms with Gasteiger partial charge in [0.05, 0.1) is 23.7 Å². The van der Waals surface area contributed by atoms with E-state index in [4.69, 9.17) is 9.78 Å². The summed E-state index contributed by atoms with van der Waals surface area (Å²) < 4.78 is 87.4. The second-order valence-corrected chi connectivity index (χ2v) is 6.56. The second-order valence-electron chi connectivity index (χ2n) is 6.56. The van der Waals surface area contributed by atoms with E-state index in [2.05, 4.69) is 14.9 Å². The van der Waals surface area contributed by atoms with Crippen molar-refractivity contribution in [2.45, 2.75) is 19.1 Å². The van der Waals surface area contributed by atoms with E-state index in [1.54, 1.807) is 6.07 Å². The van der Waals surface area contributed by atoms with Gasteiger partial charge in [-0.25, -0.2) is 0 Å². The highest BCUT2D eigenvalue weighted by Crippen LogP contribution is 2.37. The molecule has 0 spiro atoms. The molecule has 0 amide bonds. The molecule has 0 unspecified atom stereocenters. The van der Waals surface area contributed by atoms with Gasteiger partial charge in [0.25, 0.3) is 5.89 Å².